The molecule has 0 aromatic heterocycles. The summed E-state index contributed by atoms with van der Waals surface area (Å²) in [4.78, 5) is 2.43. The van der Waals surface area contributed by atoms with Gasteiger partial charge in [0.1, 0.15) is 0 Å². The standard InChI is InChI=1S/C69H49N/c1-68(53-22-8-3-9-23-53)63-31-17-14-29-59(63)61-44-38-51(46-65(61)68)50-36-42-57(43-37-50)70(56-40-34-49(35-41-56)48-20-6-2-7-21-48)67-33-19-16-28-58(67)52-39-45-62-60-30-15-18-32-64(60)69(66(62)47-52,54-24-10-4-11-25-54)55-26-12-5-13-27-55/h2-47H,1H3. The van der Waals surface area contributed by atoms with Crippen LogP contribution in [0.15, 0.2) is 279 Å². The number of benzene rings is 11. The lowest BCUT2D eigenvalue weighted by Gasteiger charge is -2.34. The molecule has 0 saturated heterocycles. The molecule has 11 aromatic rings. The predicted octanol–water partition coefficient (Wildman–Crippen LogP) is 17.9. The van der Waals surface area contributed by atoms with Gasteiger partial charge in [-0.25, -0.2) is 0 Å². The van der Waals surface area contributed by atoms with Gasteiger partial charge in [0, 0.05) is 22.4 Å². The Labute approximate surface area is 411 Å². The van der Waals surface area contributed by atoms with Crippen molar-refractivity contribution in [1.29, 1.82) is 0 Å². The molecule has 0 saturated carbocycles. The van der Waals surface area contributed by atoms with E-state index in [1.807, 2.05) is 0 Å². The van der Waals surface area contributed by atoms with E-state index in [9.17, 15) is 0 Å². The molecule has 0 spiro atoms. The molecule has 1 atom stereocenters. The van der Waals surface area contributed by atoms with Crippen LogP contribution in [0.5, 0.6) is 0 Å². The van der Waals surface area contributed by atoms with Crippen LogP contribution in [0, 0.1) is 0 Å². The van der Waals surface area contributed by atoms with E-state index < -0.39 is 5.41 Å². The third kappa shape index (κ3) is 6.46. The van der Waals surface area contributed by atoms with Gasteiger partial charge in [0.05, 0.1) is 11.1 Å². The van der Waals surface area contributed by atoms with Crippen molar-refractivity contribution in [1.82, 2.24) is 0 Å². The highest BCUT2D eigenvalue weighted by atomic mass is 15.1. The Balaban J connectivity index is 0.954. The minimum atomic E-state index is -0.499. The minimum absolute atomic E-state index is 0.266. The van der Waals surface area contributed by atoms with Gasteiger partial charge >= 0.3 is 0 Å². The molecule has 0 radical (unpaired) electrons. The zero-order valence-corrected chi connectivity index (χ0v) is 39.0. The fourth-order valence-electron chi connectivity index (χ4n) is 11.9. The Hall–Kier alpha value is -8.78. The molecular formula is C69H49N. The van der Waals surface area contributed by atoms with Crippen molar-refractivity contribution in [2.75, 3.05) is 4.90 Å². The third-order valence-corrected chi connectivity index (χ3v) is 15.3. The molecule has 0 amide bonds. The molecule has 2 aliphatic carbocycles. The summed E-state index contributed by atoms with van der Waals surface area (Å²) in [5.74, 6) is 0. The lowest BCUT2D eigenvalue weighted by Crippen LogP contribution is -2.28. The number of hydrogen-bond acceptors (Lipinski definition) is 1. The average molecular weight is 892 g/mol. The van der Waals surface area contributed by atoms with E-state index in [1.54, 1.807) is 0 Å². The molecule has 0 bridgehead atoms. The summed E-state index contributed by atoms with van der Waals surface area (Å²) < 4.78 is 0. The molecule has 70 heavy (non-hydrogen) atoms. The van der Waals surface area contributed by atoms with Crippen molar-refractivity contribution >= 4 is 17.1 Å². The van der Waals surface area contributed by atoms with Gasteiger partial charge in [0.25, 0.3) is 0 Å². The van der Waals surface area contributed by atoms with E-state index >= 15 is 0 Å². The molecule has 0 aliphatic heterocycles. The van der Waals surface area contributed by atoms with Crippen molar-refractivity contribution in [3.05, 3.63) is 318 Å². The molecule has 0 fully saturated rings. The average Bonchev–Trinajstić information content (AvgIpc) is 3.89. The normalized spacial score (nSPS) is 14.8. The Morgan fingerprint density at radius 3 is 1.24 bits per heavy atom. The maximum Gasteiger partial charge on any atom is 0.0713 e. The number of para-hydroxylation sites is 1. The van der Waals surface area contributed by atoms with Crippen LogP contribution >= 0.6 is 0 Å². The number of nitrogens with zero attached hydrogens (tertiary/aromatic N) is 1. The van der Waals surface area contributed by atoms with Crippen LogP contribution in [0.25, 0.3) is 55.6 Å². The monoisotopic (exact) mass is 891 g/mol. The second kappa shape index (κ2) is 16.8. The molecule has 0 heterocycles. The number of anilines is 3. The molecule has 11 aromatic carbocycles. The SMILES string of the molecule is CC1(c2ccccc2)c2ccccc2-c2ccc(-c3ccc(N(c4ccc(-c5ccccc5)cc4)c4ccccc4-c4ccc5c(c4)C(c4ccccc4)(c4ccccc4)c4ccccc4-5)cc3)cc21. The third-order valence-electron chi connectivity index (χ3n) is 15.3. The van der Waals surface area contributed by atoms with Gasteiger partial charge in [-0.2, -0.15) is 0 Å². The molecule has 0 N–H and O–H groups in total. The van der Waals surface area contributed by atoms with Crippen LogP contribution in [-0.2, 0) is 10.8 Å². The van der Waals surface area contributed by atoms with Gasteiger partial charge in [-0.15, -0.1) is 0 Å². The van der Waals surface area contributed by atoms with Gasteiger partial charge < -0.3 is 4.90 Å². The lowest BCUT2D eigenvalue weighted by molar-refractivity contribution is 0.714. The molecule has 13 rings (SSSR count). The van der Waals surface area contributed by atoms with Gasteiger partial charge in [-0.1, -0.05) is 237 Å². The molecular weight excluding hydrogens is 843 g/mol. The van der Waals surface area contributed by atoms with Crippen LogP contribution < -0.4 is 4.90 Å². The smallest absolute Gasteiger partial charge is 0.0713 e. The Kier molecular flexibility index (Phi) is 9.92. The summed E-state index contributed by atoms with van der Waals surface area (Å²) in [6.07, 6.45) is 0. The summed E-state index contributed by atoms with van der Waals surface area (Å²) >= 11 is 0. The van der Waals surface area contributed by atoms with E-state index in [2.05, 4.69) is 291 Å². The zero-order chi connectivity index (χ0) is 46.7. The summed E-state index contributed by atoms with van der Waals surface area (Å²) in [6, 6.07) is 103. The van der Waals surface area contributed by atoms with Gasteiger partial charge in [0.2, 0.25) is 0 Å². The van der Waals surface area contributed by atoms with Crippen LogP contribution in [0.2, 0.25) is 0 Å². The summed E-state index contributed by atoms with van der Waals surface area (Å²) in [5.41, 5.74) is 23.9. The fourth-order valence-corrected chi connectivity index (χ4v) is 11.9. The number of fused-ring (bicyclic) bond motifs is 6. The summed E-state index contributed by atoms with van der Waals surface area (Å²) in [6.45, 7) is 2.39. The molecule has 330 valence electrons. The summed E-state index contributed by atoms with van der Waals surface area (Å²) in [7, 11) is 0. The predicted molar refractivity (Wildman–Crippen MR) is 292 cm³/mol. The minimum Gasteiger partial charge on any atom is -0.310 e. The van der Waals surface area contributed by atoms with Crippen molar-refractivity contribution in [3.63, 3.8) is 0 Å². The van der Waals surface area contributed by atoms with Crippen LogP contribution in [0.4, 0.5) is 17.1 Å². The molecule has 1 unspecified atom stereocenters. The largest absolute Gasteiger partial charge is 0.310 e. The lowest BCUT2D eigenvalue weighted by atomic mass is 9.67. The first-order valence-electron chi connectivity index (χ1n) is 24.4. The van der Waals surface area contributed by atoms with E-state index in [4.69, 9.17) is 0 Å². The molecule has 1 heteroatoms. The van der Waals surface area contributed by atoms with Gasteiger partial charge in [-0.05, 0) is 138 Å². The first-order chi connectivity index (χ1) is 34.6. The zero-order valence-electron chi connectivity index (χ0n) is 39.0. The second-order valence-electron chi connectivity index (χ2n) is 18.9. The number of rotatable bonds is 9. The first-order valence-corrected chi connectivity index (χ1v) is 24.4. The first kappa shape index (κ1) is 41.4. The van der Waals surface area contributed by atoms with Crippen LogP contribution in [-0.4, -0.2) is 0 Å². The quantitative estimate of drug-likeness (QED) is 0.140. The topological polar surface area (TPSA) is 3.24 Å². The van der Waals surface area contributed by atoms with Crippen molar-refractivity contribution in [3.8, 4) is 55.6 Å². The fraction of sp³-hybridized carbons (Fsp3) is 0.0435. The highest BCUT2D eigenvalue weighted by Gasteiger charge is 2.46. The van der Waals surface area contributed by atoms with Gasteiger partial charge in [-0.3, -0.25) is 0 Å². The van der Waals surface area contributed by atoms with Gasteiger partial charge in [0.15, 0.2) is 0 Å². The highest BCUT2D eigenvalue weighted by Crippen LogP contribution is 2.58. The van der Waals surface area contributed by atoms with Crippen LogP contribution in [0.3, 0.4) is 0 Å². The van der Waals surface area contributed by atoms with E-state index in [0.29, 0.717) is 0 Å². The highest BCUT2D eigenvalue weighted by molar-refractivity contribution is 5.93. The summed E-state index contributed by atoms with van der Waals surface area (Å²) in [5, 5.41) is 0. The van der Waals surface area contributed by atoms with Crippen molar-refractivity contribution in [2.45, 2.75) is 17.8 Å². The molecule has 2 aliphatic rings. The number of hydrogen-bond donors (Lipinski definition) is 0. The Morgan fingerprint density at radius 1 is 0.257 bits per heavy atom. The second-order valence-corrected chi connectivity index (χ2v) is 18.9. The van der Waals surface area contributed by atoms with Crippen molar-refractivity contribution < 1.29 is 0 Å². The maximum absolute atomic E-state index is 2.48. The Bertz CT molecular complexity index is 3650. The van der Waals surface area contributed by atoms with E-state index in [-0.39, 0.29) is 5.41 Å². The molecule has 1 nitrogen and oxygen atoms in total. The van der Waals surface area contributed by atoms with E-state index in [1.165, 1.54) is 89.0 Å². The van der Waals surface area contributed by atoms with Crippen LogP contribution in [0.1, 0.15) is 45.9 Å². The maximum atomic E-state index is 2.48. The van der Waals surface area contributed by atoms with Crippen molar-refractivity contribution in [2.24, 2.45) is 0 Å². The Morgan fingerprint density at radius 2 is 0.643 bits per heavy atom. The van der Waals surface area contributed by atoms with E-state index in [0.717, 1.165) is 22.6 Å².